The second-order valence-electron chi connectivity index (χ2n) is 7.74. The molecule has 1 N–H and O–H groups in total. The molecule has 3 rings (SSSR count). The number of aliphatic hydroxyl groups excluding tert-OH is 1. The minimum Gasteiger partial charge on any atom is -0.497 e. The van der Waals surface area contributed by atoms with E-state index in [9.17, 15) is 14.7 Å². The van der Waals surface area contributed by atoms with Crippen LogP contribution < -0.4 is 14.4 Å². The molecule has 0 aliphatic carbocycles. The van der Waals surface area contributed by atoms with E-state index in [-0.39, 0.29) is 18.8 Å². The van der Waals surface area contributed by atoms with Crippen molar-refractivity contribution < 1.29 is 24.2 Å². The van der Waals surface area contributed by atoms with Crippen molar-refractivity contribution in [2.45, 2.75) is 13.8 Å². The molecule has 1 aliphatic heterocycles. The summed E-state index contributed by atoms with van der Waals surface area (Å²) in [5.74, 6) is 0.883. The van der Waals surface area contributed by atoms with Crippen LogP contribution in [0.25, 0.3) is 5.57 Å². The van der Waals surface area contributed by atoms with Gasteiger partial charge in [0.2, 0.25) is 0 Å². The molecule has 0 fully saturated rings. The number of carbonyl (C=O) groups is 2. The summed E-state index contributed by atoms with van der Waals surface area (Å²) < 4.78 is 10.9. The zero-order valence-electron chi connectivity index (χ0n) is 18.3. The van der Waals surface area contributed by atoms with Crippen LogP contribution >= 0.6 is 0 Å². The number of nitrogens with zero attached hydrogens (tertiary/aromatic N) is 2. The number of likely N-dealkylation sites (N-methyl/N-ethyl adjacent to an activating group) is 1. The fraction of sp³-hybridized carbons (Fsp3) is 0.333. The molecule has 0 radical (unpaired) electrons. The summed E-state index contributed by atoms with van der Waals surface area (Å²) in [5, 5.41) is 9.37. The maximum absolute atomic E-state index is 13.4. The molecule has 0 unspecified atom stereocenters. The first-order chi connectivity index (χ1) is 14.9. The first-order valence-corrected chi connectivity index (χ1v) is 10.2. The van der Waals surface area contributed by atoms with Gasteiger partial charge in [0.05, 0.1) is 31.6 Å². The van der Waals surface area contributed by atoms with Gasteiger partial charge in [0.25, 0.3) is 11.8 Å². The highest BCUT2D eigenvalue weighted by molar-refractivity contribution is 6.45. The van der Waals surface area contributed by atoms with Crippen LogP contribution in [0.5, 0.6) is 11.5 Å². The first kappa shape index (κ1) is 22.4. The maximum Gasteiger partial charge on any atom is 0.282 e. The summed E-state index contributed by atoms with van der Waals surface area (Å²) in [4.78, 5) is 29.5. The van der Waals surface area contributed by atoms with E-state index in [1.165, 1.54) is 0 Å². The largest absolute Gasteiger partial charge is 0.497 e. The number of rotatable bonds is 9. The van der Waals surface area contributed by atoms with Gasteiger partial charge >= 0.3 is 0 Å². The first-order valence-electron chi connectivity index (χ1n) is 10.2. The number of hydrogen-bond acceptors (Lipinski definition) is 6. The van der Waals surface area contributed by atoms with Crippen molar-refractivity contribution in [3.8, 4) is 11.5 Å². The zero-order chi connectivity index (χ0) is 22.5. The van der Waals surface area contributed by atoms with E-state index < -0.39 is 11.8 Å². The Morgan fingerprint density at radius 1 is 0.968 bits per heavy atom. The lowest BCUT2D eigenvalue weighted by atomic mass is 10.0. The molecule has 1 aliphatic rings. The summed E-state index contributed by atoms with van der Waals surface area (Å²) in [6.45, 7) is 4.79. The van der Waals surface area contributed by atoms with Gasteiger partial charge in [-0.3, -0.25) is 9.59 Å². The third-order valence-corrected chi connectivity index (χ3v) is 4.93. The van der Waals surface area contributed by atoms with Crippen LogP contribution in [-0.4, -0.2) is 55.7 Å². The molecule has 2 amide bonds. The number of amides is 2. The van der Waals surface area contributed by atoms with Crippen LogP contribution in [-0.2, 0) is 9.59 Å². The number of imide groups is 1. The molecular weight excluding hydrogens is 396 g/mol. The smallest absolute Gasteiger partial charge is 0.282 e. The standard InChI is InChI=1S/C24H28N2O5/c1-16(2)15-31-20-11-7-18(8-12-20)26-23(28)21(17-5-9-19(30-4)10-6-17)22(24(26)29)25(3)13-14-27/h5-12,16,27H,13-15H2,1-4H3. The van der Waals surface area contributed by atoms with Crippen LogP contribution in [0.1, 0.15) is 19.4 Å². The van der Waals surface area contributed by atoms with Gasteiger partial charge in [-0.2, -0.15) is 0 Å². The Balaban J connectivity index is 1.96. The average Bonchev–Trinajstić information content (AvgIpc) is 3.03. The van der Waals surface area contributed by atoms with Gasteiger partial charge in [-0.15, -0.1) is 0 Å². The highest BCUT2D eigenvalue weighted by Crippen LogP contribution is 2.35. The molecule has 164 valence electrons. The molecule has 2 aromatic rings. The van der Waals surface area contributed by atoms with E-state index in [1.807, 2.05) is 0 Å². The molecule has 0 saturated heterocycles. The van der Waals surface area contributed by atoms with Crippen molar-refractivity contribution in [2.75, 3.05) is 38.8 Å². The Labute approximate surface area is 182 Å². The van der Waals surface area contributed by atoms with E-state index >= 15 is 0 Å². The highest BCUT2D eigenvalue weighted by atomic mass is 16.5. The third-order valence-electron chi connectivity index (χ3n) is 4.93. The SMILES string of the molecule is COc1ccc(C2=C(N(C)CCO)C(=O)N(c3ccc(OCC(C)C)cc3)C2=O)cc1. The minimum absolute atomic E-state index is 0.140. The summed E-state index contributed by atoms with van der Waals surface area (Å²) in [6, 6.07) is 13.9. The van der Waals surface area contributed by atoms with E-state index in [0.717, 1.165) is 4.90 Å². The molecule has 0 aromatic heterocycles. The lowest BCUT2D eigenvalue weighted by molar-refractivity contribution is -0.120. The molecular formula is C24H28N2O5. The van der Waals surface area contributed by atoms with Gasteiger partial charge in [0.1, 0.15) is 17.2 Å². The van der Waals surface area contributed by atoms with Crippen molar-refractivity contribution in [1.29, 1.82) is 0 Å². The van der Waals surface area contributed by atoms with Crippen molar-refractivity contribution in [1.82, 2.24) is 4.90 Å². The topological polar surface area (TPSA) is 79.3 Å². The van der Waals surface area contributed by atoms with Gasteiger partial charge in [0.15, 0.2) is 0 Å². The zero-order valence-corrected chi connectivity index (χ0v) is 18.3. The molecule has 2 aromatic carbocycles. The number of benzene rings is 2. The molecule has 1 heterocycles. The van der Waals surface area contributed by atoms with Crippen molar-refractivity contribution in [3.05, 3.63) is 59.8 Å². The number of carbonyl (C=O) groups excluding carboxylic acids is 2. The quantitative estimate of drug-likeness (QED) is 0.624. The monoisotopic (exact) mass is 424 g/mol. The Morgan fingerprint density at radius 3 is 2.13 bits per heavy atom. The van der Waals surface area contributed by atoms with Gasteiger partial charge in [-0.1, -0.05) is 26.0 Å². The van der Waals surface area contributed by atoms with Crippen LogP contribution in [0.3, 0.4) is 0 Å². The molecule has 0 spiro atoms. The molecule has 7 heteroatoms. The summed E-state index contributed by atoms with van der Waals surface area (Å²) in [6.07, 6.45) is 0. The number of ether oxygens (including phenoxy) is 2. The maximum atomic E-state index is 13.4. The number of hydrogen-bond donors (Lipinski definition) is 1. The Morgan fingerprint density at radius 2 is 1.58 bits per heavy atom. The average molecular weight is 424 g/mol. The molecule has 0 saturated carbocycles. The Bertz CT molecular complexity index is 964. The van der Waals surface area contributed by atoms with E-state index in [1.54, 1.807) is 67.6 Å². The third kappa shape index (κ3) is 4.72. The molecule has 0 bridgehead atoms. The normalized spacial score (nSPS) is 13.9. The predicted octanol–water partition coefficient (Wildman–Crippen LogP) is 2.94. The second-order valence-corrected chi connectivity index (χ2v) is 7.74. The van der Waals surface area contributed by atoms with E-state index in [0.29, 0.717) is 40.8 Å². The number of methoxy groups -OCH3 is 1. The molecule has 31 heavy (non-hydrogen) atoms. The Hall–Kier alpha value is -3.32. The Kier molecular flexibility index (Phi) is 6.97. The number of aliphatic hydroxyl groups is 1. The fourth-order valence-corrected chi connectivity index (χ4v) is 3.34. The number of anilines is 1. The highest BCUT2D eigenvalue weighted by Gasteiger charge is 2.41. The summed E-state index contributed by atoms with van der Waals surface area (Å²) >= 11 is 0. The minimum atomic E-state index is -0.428. The van der Waals surface area contributed by atoms with Gasteiger partial charge in [0, 0.05) is 13.6 Å². The van der Waals surface area contributed by atoms with Crippen molar-refractivity contribution in [2.24, 2.45) is 5.92 Å². The van der Waals surface area contributed by atoms with Crippen LogP contribution in [0, 0.1) is 5.92 Å². The van der Waals surface area contributed by atoms with Gasteiger partial charge in [-0.25, -0.2) is 4.90 Å². The summed E-state index contributed by atoms with van der Waals surface area (Å²) in [5.41, 5.74) is 1.62. The van der Waals surface area contributed by atoms with E-state index in [4.69, 9.17) is 9.47 Å². The molecule has 0 atom stereocenters. The van der Waals surface area contributed by atoms with Crippen LogP contribution in [0.15, 0.2) is 54.2 Å². The lowest BCUT2D eigenvalue weighted by Gasteiger charge is -2.20. The predicted molar refractivity (Wildman–Crippen MR) is 119 cm³/mol. The molecule has 7 nitrogen and oxygen atoms in total. The second kappa shape index (κ2) is 9.66. The van der Waals surface area contributed by atoms with Gasteiger partial charge in [-0.05, 0) is 47.9 Å². The van der Waals surface area contributed by atoms with Crippen molar-refractivity contribution in [3.63, 3.8) is 0 Å². The fourth-order valence-electron chi connectivity index (χ4n) is 3.34. The van der Waals surface area contributed by atoms with Crippen LogP contribution in [0.2, 0.25) is 0 Å². The van der Waals surface area contributed by atoms with E-state index in [2.05, 4.69) is 13.8 Å². The van der Waals surface area contributed by atoms with Crippen molar-refractivity contribution >= 4 is 23.1 Å². The summed E-state index contributed by atoms with van der Waals surface area (Å²) in [7, 11) is 3.25. The van der Waals surface area contributed by atoms with Crippen LogP contribution in [0.4, 0.5) is 5.69 Å². The lowest BCUT2D eigenvalue weighted by Crippen LogP contribution is -2.34. The van der Waals surface area contributed by atoms with Gasteiger partial charge < -0.3 is 19.5 Å².